The molecule has 5 rings (SSSR count). The molecule has 0 bridgehead atoms. The number of carbonyl (C=O) groups excluding carboxylic acids is 2. The van der Waals surface area contributed by atoms with Gasteiger partial charge in [0.1, 0.15) is 17.7 Å². The zero-order valence-corrected chi connectivity index (χ0v) is 21.6. The lowest BCUT2D eigenvalue weighted by atomic mass is 9.95. The molecule has 2 N–H and O–H groups in total. The van der Waals surface area contributed by atoms with E-state index < -0.39 is 45.1 Å². The Kier molecular flexibility index (Phi) is 6.53. The number of pyridine rings is 1. The molecule has 2 amide bonds. The third-order valence-corrected chi connectivity index (χ3v) is 8.82. The zero-order valence-electron chi connectivity index (χ0n) is 20.0. The van der Waals surface area contributed by atoms with Crippen LogP contribution in [0, 0.1) is 11.7 Å². The molecule has 1 fully saturated rings. The Morgan fingerprint density at radius 3 is 2.57 bits per heavy atom. The number of amides is 2. The van der Waals surface area contributed by atoms with Crippen LogP contribution in [0.2, 0.25) is 5.02 Å². The largest absolute Gasteiger partial charge is 0.502 e. The number of benzene rings is 1. The lowest BCUT2D eigenvalue weighted by Gasteiger charge is -2.30. The molecule has 13 heteroatoms. The fourth-order valence-electron chi connectivity index (χ4n) is 5.12. The first-order valence-corrected chi connectivity index (χ1v) is 14.1. The lowest BCUT2D eigenvalue weighted by Crippen LogP contribution is -2.40. The molecule has 1 atom stereocenters. The number of hydrogen-bond donors (Lipinski definition) is 2. The highest BCUT2D eigenvalue weighted by atomic mass is 35.5. The smallest absolute Gasteiger partial charge is 0.295 e. The molecule has 1 unspecified atom stereocenters. The Bertz CT molecular complexity index is 1470. The predicted molar refractivity (Wildman–Crippen MR) is 132 cm³/mol. The molecule has 1 aromatic heterocycles. The number of aromatic nitrogens is 1. The minimum absolute atomic E-state index is 0.00199. The molecular weight excluding hydrogens is 527 g/mol. The van der Waals surface area contributed by atoms with Gasteiger partial charge in [-0.05, 0) is 49.8 Å². The molecule has 0 radical (unpaired) electrons. The van der Waals surface area contributed by atoms with E-state index in [0.29, 0.717) is 11.1 Å². The third kappa shape index (κ3) is 4.51. The molecule has 2 aliphatic heterocycles. The number of nitrogens with zero attached hydrogens (tertiary/aromatic N) is 3. The minimum Gasteiger partial charge on any atom is -0.502 e. The van der Waals surface area contributed by atoms with Crippen molar-refractivity contribution >= 4 is 33.4 Å². The molecule has 3 heterocycles. The summed E-state index contributed by atoms with van der Waals surface area (Å²) in [6, 6.07) is 4.10. The second-order valence-electron chi connectivity index (χ2n) is 9.50. The van der Waals surface area contributed by atoms with Crippen LogP contribution in [0.1, 0.15) is 57.9 Å². The van der Waals surface area contributed by atoms with Crippen molar-refractivity contribution in [3.8, 4) is 5.75 Å². The molecule has 2 aromatic rings. The van der Waals surface area contributed by atoms with Crippen molar-refractivity contribution in [1.82, 2.24) is 19.1 Å². The van der Waals surface area contributed by atoms with Crippen LogP contribution in [-0.4, -0.2) is 65.1 Å². The second-order valence-corrected chi connectivity index (χ2v) is 12.0. The van der Waals surface area contributed by atoms with E-state index in [0.717, 1.165) is 12.8 Å². The normalized spacial score (nSPS) is 19.4. The van der Waals surface area contributed by atoms with Crippen molar-refractivity contribution in [3.63, 3.8) is 0 Å². The van der Waals surface area contributed by atoms with Gasteiger partial charge >= 0.3 is 0 Å². The predicted octanol–water partition coefficient (Wildman–Crippen LogP) is 1.85. The molecule has 0 spiro atoms. The standard InChI is InChI=1S/C24H26ClFN4O6S/c1-2-37(35,36)27-8-10-29-21(14-4-5-14)30-19(23(29)33)15-7-9-28(22(32)18(15)20(31)24(30)34)12-13-3-6-17(26)16(25)11-13/h3,6,11,14,21,27,31H,2,4-5,7-10,12H2,1H3. The fourth-order valence-corrected chi connectivity index (χ4v) is 5.93. The van der Waals surface area contributed by atoms with E-state index in [9.17, 15) is 32.3 Å². The van der Waals surface area contributed by atoms with E-state index in [4.69, 9.17) is 11.6 Å². The van der Waals surface area contributed by atoms with Gasteiger partial charge in [-0.15, -0.1) is 0 Å². The van der Waals surface area contributed by atoms with E-state index in [1.54, 1.807) is 0 Å². The van der Waals surface area contributed by atoms with Gasteiger partial charge in [0.05, 0.1) is 16.3 Å². The molecule has 1 saturated carbocycles. The summed E-state index contributed by atoms with van der Waals surface area (Å²) in [5.74, 6) is -2.47. The van der Waals surface area contributed by atoms with Gasteiger partial charge in [0.2, 0.25) is 10.0 Å². The fraction of sp³-hybridized carbons (Fsp3) is 0.458. The van der Waals surface area contributed by atoms with Gasteiger partial charge in [0, 0.05) is 31.7 Å². The first kappa shape index (κ1) is 25.7. The van der Waals surface area contributed by atoms with Crippen molar-refractivity contribution in [2.75, 3.05) is 25.4 Å². The van der Waals surface area contributed by atoms with Crippen molar-refractivity contribution in [3.05, 3.63) is 61.8 Å². The number of halogens is 2. The monoisotopic (exact) mass is 552 g/mol. The van der Waals surface area contributed by atoms with E-state index in [1.165, 1.54) is 39.5 Å². The Labute approximate surface area is 217 Å². The summed E-state index contributed by atoms with van der Waals surface area (Å²) >= 11 is 5.86. The zero-order chi connectivity index (χ0) is 26.6. The first-order chi connectivity index (χ1) is 17.5. The van der Waals surface area contributed by atoms with E-state index in [2.05, 4.69) is 4.72 Å². The quantitative estimate of drug-likeness (QED) is 0.514. The first-order valence-electron chi connectivity index (χ1n) is 12.1. The topological polar surface area (TPSA) is 129 Å². The summed E-state index contributed by atoms with van der Waals surface area (Å²) in [4.78, 5) is 43.2. The highest BCUT2D eigenvalue weighted by Gasteiger charge is 2.49. The van der Waals surface area contributed by atoms with Gasteiger partial charge in [0.25, 0.3) is 17.4 Å². The maximum atomic E-state index is 13.6. The maximum absolute atomic E-state index is 13.6. The van der Waals surface area contributed by atoms with Crippen molar-refractivity contribution in [2.45, 2.75) is 38.9 Å². The molecular formula is C24H26ClFN4O6S. The average molecular weight is 553 g/mol. The summed E-state index contributed by atoms with van der Waals surface area (Å²) in [6.45, 7) is 1.82. The maximum Gasteiger partial charge on any atom is 0.295 e. The molecule has 1 aliphatic carbocycles. The van der Waals surface area contributed by atoms with Gasteiger partial charge in [-0.3, -0.25) is 19.0 Å². The van der Waals surface area contributed by atoms with Gasteiger partial charge in [-0.2, -0.15) is 0 Å². The lowest BCUT2D eigenvalue weighted by molar-refractivity contribution is 0.0671. The SMILES string of the molecule is CCS(=O)(=O)NCCN1C(=O)c2c3c(c(O)c(=O)n2C1C1CC1)C(=O)N(Cc1ccc(F)c(Cl)c1)CC3. The Hall–Kier alpha value is -2.96. The molecule has 10 nitrogen and oxygen atoms in total. The van der Waals surface area contributed by atoms with Crippen LogP contribution >= 0.6 is 11.6 Å². The van der Waals surface area contributed by atoms with E-state index in [-0.39, 0.29) is 60.6 Å². The number of hydrogen-bond acceptors (Lipinski definition) is 6. The summed E-state index contributed by atoms with van der Waals surface area (Å²) in [5.41, 5.74) is -0.0670. The molecule has 0 saturated heterocycles. The van der Waals surface area contributed by atoms with E-state index in [1.807, 2.05) is 0 Å². The molecule has 37 heavy (non-hydrogen) atoms. The van der Waals surface area contributed by atoms with Crippen molar-refractivity contribution in [1.29, 1.82) is 0 Å². The number of fused-ring (bicyclic) bond motifs is 3. The minimum atomic E-state index is -3.47. The van der Waals surface area contributed by atoms with E-state index >= 15 is 0 Å². The third-order valence-electron chi connectivity index (χ3n) is 7.12. The van der Waals surface area contributed by atoms with Crippen LogP contribution < -0.4 is 10.3 Å². The van der Waals surface area contributed by atoms with Crippen molar-refractivity contribution in [2.24, 2.45) is 5.92 Å². The van der Waals surface area contributed by atoms with Crippen LogP contribution in [0.3, 0.4) is 0 Å². The second kappa shape index (κ2) is 9.41. The van der Waals surface area contributed by atoms with Crippen LogP contribution in [-0.2, 0) is 23.0 Å². The average Bonchev–Trinajstić information content (AvgIpc) is 3.65. The highest BCUT2D eigenvalue weighted by molar-refractivity contribution is 7.89. The highest BCUT2D eigenvalue weighted by Crippen LogP contribution is 2.46. The molecule has 198 valence electrons. The number of carbonyl (C=O) groups is 2. The van der Waals surface area contributed by atoms with Crippen LogP contribution in [0.5, 0.6) is 5.75 Å². The van der Waals surface area contributed by atoms with Gasteiger partial charge in [0.15, 0.2) is 5.75 Å². The number of sulfonamides is 1. The summed E-state index contributed by atoms with van der Waals surface area (Å²) in [6.07, 6.45) is 1.14. The number of nitrogens with one attached hydrogen (secondary N) is 1. The van der Waals surface area contributed by atoms with Crippen LogP contribution in [0.25, 0.3) is 0 Å². The van der Waals surface area contributed by atoms with Crippen LogP contribution in [0.4, 0.5) is 4.39 Å². The number of rotatable bonds is 8. The molecule has 3 aliphatic rings. The Morgan fingerprint density at radius 2 is 1.92 bits per heavy atom. The number of aromatic hydroxyl groups is 1. The van der Waals surface area contributed by atoms with Gasteiger partial charge < -0.3 is 14.9 Å². The molecule has 1 aromatic carbocycles. The summed E-state index contributed by atoms with van der Waals surface area (Å²) in [7, 11) is -3.47. The Morgan fingerprint density at radius 1 is 1.19 bits per heavy atom. The summed E-state index contributed by atoms with van der Waals surface area (Å²) < 4.78 is 41.0. The van der Waals surface area contributed by atoms with Gasteiger partial charge in [-0.1, -0.05) is 17.7 Å². The Balaban J connectivity index is 1.49. The van der Waals surface area contributed by atoms with Crippen molar-refractivity contribution < 1.29 is 27.5 Å². The van der Waals surface area contributed by atoms with Gasteiger partial charge in [-0.25, -0.2) is 17.5 Å². The summed E-state index contributed by atoms with van der Waals surface area (Å²) in [5, 5.41) is 10.8. The van der Waals surface area contributed by atoms with Crippen LogP contribution in [0.15, 0.2) is 23.0 Å².